The van der Waals surface area contributed by atoms with Crippen LogP contribution in [0.25, 0.3) is 0 Å². The number of benzene rings is 1. The number of aliphatic hydroxyl groups excluding tert-OH is 1. The van der Waals surface area contributed by atoms with E-state index in [9.17, 15) is 23.9 Å². The molecule has 0 aliphatic rings. The van der Waals surface area contributed by atoms with Gasteiger partial charge in [-0.2, -0.15) is 4.98 Å². The highest BCUT2D eigenvalue weighted by molar-refractivity contribution is 5.91. The van der Waals surface area contributed by atoms with Crippen molar-refractivity contribution >= 4 is 17.8 Å². The summed E-state index contributed by atoms with van der Waals surface area (Å²) in [7, 11) is 0. The van der Waals surface area contributed by atoms with Crippen molar-refractivity contribution < 1.29 is 19.1 Å². The van der Waals surface area contributed by atoms with Gasteiger partial charge in [0, 0.05) is 6.54 Å². The zero-order valence-electron chi connectivity index (χ0n) is 15.0. The van der Waals surface area contributed by atoms with Crippen molar-refractivity contribution in [2.45, 2.75) is 32.8 Å². The molecule has 27 heavy (non-hydrogen) atoms. The summed E-state index contributed by atoms with van der Waals surface area (Å²) < 4.78 is 14.6. The fraction of sp³-hybridized carbons (Fsp3) is 0.333. The van der Waals surface area contributed by atoms with E-state index in [-0.39, 0.29) is 6.42 Å². The van der Waals surface area contributed by atoms with Gasteiger partial charge in [0.05, 0.1) is 18.7 Å². The average Bonchev–Trinajstić information content (AvgIpc) is 2.62. The maximum atomic E-state index is 14.1. The van der Waals surface area contributed by atoms with E-state index in [4.69, 9.17) is 0 Å². The third kappa shape index (κ3) is 5.45. The molecule has 1 aromatic heterocycles. The van der Waals surface area contributed by atoms with E-state index in [1.807, 2.05) is 6.92 Å². The highest BCUT2D eigenvalue weighted by Crippen LogP contribution is 2.14. The highest BCUT2D eigenvalue weighted by Gasteiger charge is 2.15. The lowest BCUT2D eigenvalue weighted by Gasteiger charge is -2.09. The monoisotopic (exact) mass is 376 g/mol. The topological polar surface area (TPSA) is 113 Å². The summed E-state index contributed by atoms with van der Waals surface area (Å²) >= 11 is 0. The molecular formula is C18H21FN4O4. The van der Waals surface area contributed by atoms with E-state index >= 15 is 0 Å². The van der Waals surface area contributed by atoms with E-state index in [2.05, 4.69) is 15.6 Å². The number of carbonyl (C=O) groups excluding carboxylic acids is 2. The maximum absolute atomic E-state index is 14.1. The first kappa shape index (κ1) is 20.2. The Morgan fingerprint density at radius 3 is 2.56 bits per heavy atom. The van der Waals surface area contributed by atoms with Crippen molar-refractivity contribution in [2.24, 2.45) is 0 Å². The Morgan fingerprint density at radius 1 is 1.30 bits per heavy atom. The lowest BCUT2D eigenvalue weighted by Crippen LogP contribution is -2.38. The van der Waals surface area contributed by atoms with Crippen LogP contribution in [0.15, 0.2) is 35.3 Å². The summed E-state index contributed by atoms with van der Waals surface area (Å²) in [6, 6.07) is 5.91. The normalized spacial score (nSPS) is 11.7. The predicted molar refractivity (Wildman–Crippen MR) is 97.0 cm³/mol. The van der Waals surface area contributed by atoms with Gasteiger partial charge in [0.15, 0.2) is 11.6 Å². The number of nitrogens with one attached hydrogen (secondary N) is 2. The molecule has 0 bridgehead atoms. The summed E-state index contributed by atoms with van der Waals surface area (Å²) in [5.41, 5.74) is 0.350. The second-order valence-electron chi connectivity index (χ2n) is 5.96. The van der Waals surface area contributed by atoms with Gasteiger partial charge >= 0.3 is 11.7 Å². The largest absolute Gasteiger partial charge is 0.389 e. The number of anilines is 1. The van der Waals surface area contributed by atoms with Gasteiger partial charge in [-0.3, -0.25) is 4.79 Å². The van der Waals surface area contributed by atoms with E-state index < -0.39 is 35.4 Å². The molecule has 0 saturated carbocycles. The quantitative estimate of drug-likeness (QED) is 0.708. The minimum Gasteiger partial charge on any atom is -0.389 e. The first-order valence-electron chi connectivity index (χ1n) is 8.46. The molecule has 1 atom stereocenters. The molecule has 3 N–H and O–H groups in total. The Kier molecular flexibility index (Phi) is 6.78. The molecule has 2 rings (SSSR count). The fourth-order valence-corrected chi connectivity index (χ4v) is 2.26. The van der Waals surface area contributed by atoms with Gasteiger partial charge in [0.25, 0.3) is 0 Å². The van der Waals surface area contributed by atoms with Crippen LogP contribution in [0, 0.1) is 5.82 Å². The molecular weight excluding hydrogens is 355 g/mol. The van der Waals surface area contributed by atoms with Crippen molar-refractivity contribution in [1.29, 1.82) is 0 Å². The van der Waals surface area contributed by atoms with E-state index in [0.29, 0.717) is 34.9 Å². The minimum absolute atomic E-state index is 0.0682. The van der Waals surface area contributed by atoms with Crippen LogP contribution < -0.4 is 16.3 Å². The molecule has 8 nitrogen and oxygen atoms in total. The summed E-state index contributed by atoms with van der Waals surface area (Å²) in [6.07, 6.45) is 0.657. The van der Waals surface area contributed by atoms with Crippen LogP contribution in [-0.4, -0.2) is 33.1 Å². The van der Waals surface area contributed by atoms with Crippen LogP contribution in [-0.2, 0) is 11.2 Å². The number of hydrogen-bond acceptors (Lipinski definition) is 5. The van der Waals surface area contributed by atoms with Crippen LogP contribution in [0.1, 0.15) is 37.5 Å². The summed E-state index contributed by atoms with van der Waals surface area (Å²) in [6.45, 7) is 3.79. The number of rotatable bonds is 6. The number of amides is 2. The Hall–Kier alpha value is -3.07. The smallest absolute Gasteiger partial charge is 0.358 e. The average molecular weight is 376 g/mol. The van der Waals surface area contributed by atoms with Crippen LogP contribution >= 0.6 is 0 Å². The molecule has 2 aromatic rings. The van der Waals surface area contributed by atoms with Gasteiger partial charge < -0.3 is 15.7 Å². The summed E-state index contributed by atoms with van der Waals surface area (Å²) in [5, 5.41) is 14.1. The molecule has 0 spiro atoms. The number of nitrogens with zero attached hydrogens (tertiary/aromatic N) is 2. The van der Waals surface area contributed by atoms with Crippen molar-refractivity contribution in [3.63, 3.8) is 0 Å². The van der Waals surface area contributed by atoms with Crippen LogP contribution in [0.2, 0.25) is 0 Å². The van der Waals surface area contributed by atoms with Gasteiger partial charge in [0.1, 0.15) is 0 Å². The van der Waals surface area contributed by atoms with E-state index in [0.717, 1.165) is 0 Å². The molecule has 1 aromatic carbocycles. The van der Waals surface area contributed by atoms with Gasteiger partial charge in [-0.25, -0.2) is 18.5 Å². The molecule has 1 unspecified atom stereocenters. The number of aliphatic hydroxyl groups is 1. The second kappa shape index (κ2) is 9.04. The zero-order valence-corrected chi connectivity index (χ0v) is 15.0. The summed E-state index contributed by atoms with van der Waals surface area (Å²) in [5.74, 6) is -2.11. The van der Waals surface area contributed by atoms with E-state index in [1.165, 1.54) is 0 Å². The Labute approximate surface area is 155 Å². The lowest BCUT2D eigenvalue weighted by molar-refractivity contribution is -0.115. The highest BCUT2D eigenvalue weighted by atomic mass is 19.1. The van der Waals surface area contributed by atoms with Gasteiger partial charge in [-0.15, -0.1) is 0 Å². The molecule has 0 fully saturated rings. The molecule has 0 radical (unpaired) electrons. The maximum Gasteiger partial charge on any atom is 0.358 e. The number of carbonyl (C=O) groups is 2. The fourth-order valence-electron chi connectivity index (χ4n) is 2.26. The minimum atomic E-state index is -1.00. The summed E-state index contributed by atoms with van der Waals surface area (Å²) in [4.78, 5) is 39.2. The predicted octanol–water partition coefficient (Wildman–Crippen LogP) is 1.58. The molecule has 1 heterocycles. The molecule has 2 amide bonds. The Bertz CT molecular complexity index is 878. The molecule has 0 aliphatic carbocycles. The molecule has 0 saturated heterocycles. The van der Waals surface area contributed by atoms with Crippen molar-refractivity contribution in [3.8, 4) is 0 Å². The number of hydrogen-bond donors (Lipinski definition) is 3. The van der Waals surface area contributed by atoms with Gasteiger partial charge in [-0.05, 0) is 24.5 Å². The van der Waals surface area contributed by atoms with Crippen molar-refractivity contribution in [1.82, 2.24) is 14.9 Å². The number of halogens is 1. The Morgan fingerprint density at radius 2 is 1.96 bits per heavy atom. The third-order valence-corrected chi connectivity index (χ3v) is 3.71. The molecule has 144 valence electrons. The second-order valence-corrected chi connectivity index (χ2v) is 5.96. The SMILES string of the molecule is CCCNC(=O)n1cc(F)c(NC(=O)Cc2ccc(C(C)O)cc2)nc1=O. The number of aromatic nitrogens is 2. The van der Waals surface area contributed by atoms with Crippen molar-refractivity contribution in [2.75, 3.05) is 11.9 Å². The van der Waals surface area contributed by atoms with Crippen molar-refractivity contribution in [3.05, 3.63) is 57.9 Å². The molecule has 0 aliphatic heterocycles. The molecule has 9 heteroatoms. The van der Waals surface area contributed by atoms with Crippen LogP contribution in [0.3, 0.4) is 0 Å². The standard InChI is InChI=1S/C18H21FN4O4/c1-3-8-20-17(26)23-10-14(19)16(22-18(23)27)21-15(25)9-12-4-6-13(7-5-12)11(2)24/h4-7,10-11,24H,3,8-9H2,1-2H3,(H,20,26)(H,21,22,25,27). The Balaban J connectivity index is 2.08. The van der Waals surface area contributed by atoms with Gasteiger partial charge in [-0.1, -0.05) is 31.2 Å². The first-order valence-corrected chi connectivity index (χ1v) is 8.46. The van der Waals surface area contributed by atoms with Gasteiger partial charge in [0.2, 0.25) is 5.91 Å². The first-order chi connectivity index (χ1) is 12.8. The lowest BCUT2D eigenvalue weighted by atomic mass is 10.1. The van der Waals surface area contributed by atoms with E-state index in [1.54, 1.807) is 31.2 Å². The third-order valence-electron chi connectivity index (χ3n) is 3.71. The van der Waals surface area contributed by atoms with Crippen LogP contribution in [0.5, 0.6) is 0 Å². The zero-order chi connectivity index (χ0) is 20.0. The van der Waals surface area contributed by atoms with Crippen LogP contribution in [0.4, 0.5) is 15.0 Å².